The highest BCUT2D eigenvalue weighted by molar-refractivity contribution is 5.82. The van der Waals surface area contributed by atoms with Crippen molar-refractivity contribution in [2.75, 3.05) is 20.7 Å². The van der Waals surface area contributed by atoms with Crippen LogP contribution in [0.5, 0.6) is 5.75 Å². The van der Waals surface area contributed by atoms with Gasteiger partial charge in [-0.1, -0.05) is 0 Å². The number of furan rings is 1. The summed E-state index contributed by atoms with van der Waals surface area (Å²) in [5, 5.41) is 4.30. The van der Waals surface area contributed by atoms with E-state index < -0.39 is 0 Å². The zero-order valence-electron chi connectivity index (χ0n) is 9.04. The van der Waals surface area contributed by atoms with Crippen LogP contribution in [0.2, 0.25) is 0 Å². The fourth-order valence-corrected chi connectivity index (χ4v) is 1.64. The van der Waals surface area contributed by atoms with Gasteiger partial charge in [-0.25, -0.2) is 0 Å². The number of nitrogens with one attached hydrogen (secondary N) is 1. The van der Waals surface area contributed by atoms with Crippen LogP contribution in [0.3, 0.4) is 0 Å². The van der Waals surface area contributed by atoms with Gasteiger partial charge < -0.3 is 14.5 Å². The van der Waals surface area contributed by atoms with Gasteiger partial charge in [-0.15, -0.1) is 0 Å². The van der Waals surface area contributed by atoms with Crippen molar-refractivity contribution in [3.05, 3.63) is 30.0 Å². The number of hydrogen-bond donors (Lipinski definition) is 1. The summed E-state index contributed by atoms with van der Waals surface area (Å²) in [6, 6.07) is 5.92. The maximum Gasteiger partial charge on any atom is 0.137 e. The lowest BCUT2D eigenvalue weighted by Gasteiger charge is -1.99. The van der Waals surface area contributed by atoms with Crippen molar-refractivity contribution >= 4 is 11.0 Å². The molecule has 1 N–H and O–H groups in total. The summed E-state index contributed by atoms with van der Waals surface area (Å²) in [6.07, 6.45) is 2.80. The first-order chi connectivity index (χ1) is 7.35. The number of fused-ring (bicyclic) bond motifs is 1. The van der Waals surface area contributed by atoms with Gasteiger partial charge in [0, 0.05) is 11.5 Å². The summed E-state index contributed by atoms with van der Waals surface area (Å²) in [7, 11) is 3.61. The first-order valence-electron chi connectivity index (χ1n) is 5.04. The first kappa shape index (κ1) is 10.1. The van der Waals surface area contributed by atoms with Crippen LogP contribution in [0.4, 0.5) is 0 Å². The maximum atomic E-state index is 5.48. The maximum absolute atomic E-state index is 5.48. The highest BCUT2D eigenvalue weighted by Crippen LogP contribution is 2.25. The van der Waals surface area contributed by atoms with Crippen LogP contribution in [-0.4, -0.2) is 20.7 Å². The third-order valence-corrected chi connectivity index (χ3v) is 2.51. The Morgan fingerprint density at radius 1 is 1.40 bits per heavy atom. The largest absolute Gasteiger partial charge is 0.497 e. The second-order valence-electron chi connectivity index (χ2n) is 3.48. The Morgan fingerprint density at radius 2 is 2.27 bits per heavy atom. The van der Waals surface area contributed by atoms with Crippen LogP contribution < -0.4 is 10.1 Å². The van der Waals surface area contributed by atoms with Crippen LogP contribution in [0.25, 0.3) is 11.0 Å². The van der Waals surface area contributed by atoms with Crippen LogP contribution >= 0.6 is 0 Å². The van der Waals surface area contributed by atoms with Crippen molar-refractivity contribution in [1.82, 2.24) is 5.32 Å². The summed E-state index contributed by atoms with van der Waals surface area (Å²) in [6.45, 7) is 0.959. The Labute approximate surface area is 89.0 Å². The van der Waals surface area contributed by atoms with Crippen molar-refractivity contribution in [2.45, 2.75) is 6.42 Å². The topological polar surface area (TPSA) is 34.4 Å². The van der Waals surface area contributed by atoms with E-state index in [9.17, 15) is 0 Å². The number of hydrogen-bond acceptors (Lipinski definition) is 3. The van der Waals surface area contributed by atoms with Gasteiger partial charge in [-0.2, -0.15) is 0 Å². The molecular weight excluding hydrogens is 190 g/mol. The Bertz CT molecular complexity index is 448. The predicted molar refractivity (Wildman–Crippen MR) is 60.4 cm³/mol. The number of methoxy groups -OCH3 is 1. The number of likely N-dealkylation sites (N-methyl/N-ethyl adjacent to an activating group) is 1. The molecule has 2 rings (SSSR count). The van der Waals surface area contributed by atoms with Gasteiger partial charge >= 0.3 is 0 Å². The highest BCUT2D eigenvalue weighted by Gasteiger charge is 2.05. The molecule has 0 aliphatic rings. The molecule has 0 aliphatic heterocycles. The van der Waals surface area contributed by atoms with Crippen molar-refractivity contribution in [3.63, 3.8) is 0 Å². The second-order valence-corrected chi connectivity index (χ2v) is 3.48. The predicted octanol–water partition coefficient (Wildman–Crippen LogP) is 2.20. The molecule has 80 valence electrons. The quantitative estimate of drug-likeness (QED) is 0.831. The molecule has 3 nitrogen and oxygen atoms in total. The van der Waals surface area contributed by atoms with Crippen molar-refractivity contribution < 1.29 is 9.15 Å². The molecule has 1 aromatic carbocycles. The summed E-state index contributed by atoms with van der Waals surface area (Å²) < 4.78 is 10.6. The minimum absolute atomic E-state index is 0.831. The van der Waals surface area contributed by atoms with Gasteiger partial charge in [-0.3, -0.25) is 0 Å². The highest BCUT2D eigenvalue weighted by atomic mass is 16.5. The minimum atomic E-state index is 0.831. The molecule has 1 heterocycles. The lowest BCUT2D eigenvalue weighted by molar-refractivity contribution is 0.414. The molecule has 0 bridgehead atoms. The van der Waals surface area contributed by atoms with Gasteiger partial charge in [0.05, 0.1) is 13.4 Å². The normalized spacial score (nSPS) is 10.8. The molecule has 0 aliphatic carbocycles. The standard InChI is InChI=1S/C12H15NO2/c1-13-6-5-9-8-15-12-7-10(14-2)3-4-11(9)12/h3-4,7-8,13H,5-6H2,1-2H3. The van der Waals surface area contributed by atoms with Crippen LogP contribution in [0, 0.1) is 0 Å². The minimum Gasteiger partial charge on any atom is -0.497 e. The molecule has 0 fully saturated rings. The van der Waals surface area contributed by atoms with E-state index in [4.69, 9.17) is 9.15 Å². The molecule has 0 radical (unpaired) electrons. The van der Waals surface area contributed by atoms with E-state index in [0.29, 0.717) is 0 Å². The first-order valence-corrected chi connectivity index (χ1v) is 5.04. The Morgan fingerprint density at radius 3 is 3.00 bits per heavy atom. The monoisotopic (exact) mass is 205 g/mol. The van der Waals surface area contributed by atoms with Gasteiger partial charge in [0.2, 0.25) is 0 Å². The average molecular weight is 205 g/mol. The Hall–Kier alpha value is -1.48. The zero-order chi connectivity index (χ0) is 10.7. The van der Waals surface area contributed by atoms with E-state index in [2.05, 4.69) is 5.32 Å². The smallest absolute Gasteiger partial charge is 0.137 e. The van der Waals surface area contributed by atoms with Gasteiger partial charge in [0.25, 0.3) is 0 Å². The number of rotatable bonds is 4. The van der Waals surface area contributed by atoms with Gasteiger partial charge in [0.15, 0.2) is 0 Å². The third-order valence-electron chi connectivity index (χ3n) is 2.51. The Balaban J connectivity index is 2.34. The van der Waals surface area contributed by atoms with E-state index in [0.717, 1.165) is 24.3 Å². The Kier molecular flexibility index (Phi) is 2.92. The van der Waals surface area contributed by atoms with Crippen LogP contribution in [0.1, 0.15) is 5.56 Å². The molecule has 0 atom stereocenters. The van der Waals surface area contributed by atoms with E-state index in [1.165, 1.54) is 10.9 Å². The molecule has 0 unspecified atom stereocenters. The van der Waals surface area contributed by atoms with Gasteiger partial charge in [0.1, 0.15) is 11.3 Å². The molecule has 0 saturated heterocycles. The molecule has 0 amide bonds. The molecule has 0 spiro atoms. The molecule has 2 aromatic rings. The molecule has 3 heteroatoms. The van der Waals surface area contributed by atoms with Crippen LogP contribution in [0.15, 0.2) is 28.9 Å². The lowest BCUT2D eigenvalue weighted by Crippen LogP contribution is -2.09. The fraction of sp³-hybridized carbons (Fsp3) is 0.333. The average Bonchev–Trinajstić information content (AvgIpc) is 2.68. The van der Waals surface area contributed by atoms with Crippen molar-refractivity contribution in [3.8, 4) is 5.75 Å². The van der Waals surface area contributed by atoms with Crippen molar-refractivity contribution in [2.24, 2.45) is 0 Å². The van der Waals surface area contributed by atoms with Crippen LogP contribution in [-0.2, 0) is 6.42 Å². The summed E-state index contributed by atoms with van der Waals surface area (Å²) in [5.74, 6) is 0.831. The van der Waals surface area contributed by atoms with Gasteiger partial charge in [-0.05, 0) is 37.7 Å². The fourth-order valence-electron chi connectivity index (χ4n) is 1.64. The summed E-state index contributed by atoms with van der Waals surface area (Å²) >= 11 is 0. The molecular formula is C12H15NO2. The molecule has 0 saturated carbocycles. The molecule has 15 heavy (non-hydrogen) atoms. The molecule has 1 aromatic heterocycles. The summed E-state index contributed by atoms with van der Waals surface area (Å²) in [4.78, 5) is 0. The number of benzene rings is 1. The van der Waals surface area contributed by atoms with E-state index in [1.807, 2.05) is 31.5 Å². The SMILES string of the molecule is CNCCc1coc2cc(OC)ccc12. The van der Waals surface area contributed by atoms with E-state index in [1.54, 1.807) is 7.11 Å². The lowest BCUT2D eigenvalue weighted by atomic mass is 10.1. The summed E-state index contributed by atoms with van der Waals surface area (Å²) in [5.41, 5.74) is 2.13. The third kappa shape index (κ3) is 1.97. The van der Waals surface area contributed by atoms with E-state index >= 15 is 0 Å². The number of ether oxygens (including phenoxy) is 1. The second kappa shape index (κ2) is 4.36. The zero-order valence-corrected chi connectivity index (χ0v) is 9.04. The van der Waals surface area contributed by atoms with E-state index in [-0.39, 0.29) is 0 Å². The van der Waals surface area contributed by atoms with Crippen molar-refractivity contribution in [1.29, 1.82) is 0 Å².